The van der Waals surface area contributed by atoms with Crippen LogP contribution in [0.4, 0.5) is 23.1 Å². The minimum atomic E-state index is -2.62. The minimum Gasteiger partial charge on any atom is -0.491 e. The first-order chi connectivity index (χ1) is 18.7. The maximum absolute atomic E-state index is 13.1. The summed E-state index contributed by atoms with van der Waals surface area (Å²) in [7, 11) is -2.62. The molecule has 0 radical (unpaired) electrons. The van der Waals surface area contributed by atoms with Gasteiger partial charge < -0.3 is 24.8 Å². The Bertz CT molecular complexity index is 1370. The van der Waals surface area contributed by atoms with Crippen LogP contribution in [0.1, 0.15) is 50.7 Å². The quantitative estimate of drug-likeness (QED) is 0.224. The van der Waals surface area contributed by atoms with E-state index in [0.717, 1.165) is 18.5 Å². The number of benzene rings is 2. The summed E-state index contributed by atoms with van der Waals surface area (Å²) < 4.78 is 18.9. The van der Waals surface area contributed by atoms with Gasteiger partial charge in [-0.15, -0.1) is 0 Å². The topological polar surface area (TPSA) is 79.4 Å². The molecule has 2 aliphatic rings. The van der Waals surface area contributed by atoms with Gasteiger partial charge in [0.2, 0.25) is 5.95 Å². The van der Waals surface area contributed by atoms with Crippen molar-refractivity contribution in [2.45, 2.75) is 64.5 Å². The largest absolute Gasteiger partial charge is 0.491 e. The van der Waals surface area contributed by atoms with Crippen LogP contribution in [0.5, 0.6) is 5.75 Å². The molecule has 1 aromatic heterocycles. The van der Waals surface area contributed by atoms with Crippen LogP contribution in [0, 0.1) is 0 Å². The van der Waals surface area contributed by atoms with Crippen LogP contribution >= 0.6 is 18.7 Å². The molecule has 0 amide bonds. The Morgan fingerprint density at radius 2 is 1.77 bits per heavy atom. The number of anilines is 4. The van der Waals surface area contributed by atoms with E-state index in [1.165, 1.54) is 49.9 Å². The number of hydrogen-bond acceptors (Lipinski definition) is 7. The molecule has 1 aliphatic carbocycles. The molecular formula is C30H39ClN5O2P. The number of aryl methyl sites for hydroxylation is 2. The second-order valence-electron chi connectivity index (χ2n) is 11.3. The molecule has 208 valence electrons. The molecule has 1 aliphatic heterocycles. The molecule has 0 saturated carbocycles. The maximum Gasteiger partial charge on any atom is 0.229 e. The van der Waals surface area contributed by atoms with Crippen LogP contribution in [-0.4, -0.2) is 53.4 Å². The Morgan fingerprint density at radius 1 is 1.03 bits per heavy atom. The number of halogens is 1. The molecule has 39 heavy (non-hydrogen) atoms. The highest BCUT2D eigenvalue weighted by Gasteiger charge is 2.24. The molecule has 2 heterocycles. The zero-order chi connectivity index (χ0) is 27.6. The van der Waals surface area contributed by atoms with Crippen molar-refractivity contribution in [3.8, 4) is 5.75 Å². The van der Waals surface area contributed by atoms with Crippen LogP contribution in [0.25, 0.3) is 0 Å². The summed E-state index contributed by atoms with van der Waals surface area (Å²) in [4.78, 5) is 11.8. The van der Waals surface area contributed by atoms with Gasteiger partial charge in [0, 0.05) is 17.0 Å². The lowest BCUT2D eigenvalue weighted by atomic mass is 10.0. The van der Waals surface area contributed by atoms with Crippen molar-refractivity contribution in [2.24, 2.45) is 0 Å². The van der Waals surface area contributed by atoms with Crippen molar-refractivity contribution >= 4 is 47.2 Å². The number of likely N-dealkylation sites (tertiary alicyclic amines) is 1. The lowest BCUT2D eigenvalue weighted by Crippen LogP contribution is -2.32. The van der Waals surface area contributed by atoms with Crippen LogP contribution < -0.4 is 20.7 Å². The minimum absolute atomic E-state index is 0.0224. The number of rotatable bonds is 8. The average Bonchev–Trinajstić information content (AvgIpc) is 3.33. The van der Waals surface area contributed by atoms with Crippen molar-refractivity contribution in [2.75, 3.05) is 37.1 Å². The normalized spacial score (nSPS) is 18.1. The second-order valence-corrected chi connectivity index (χ2v) is 14.9. The molecular weight excluding hydrogens is 529 g/mol. The van der Waals surface area contributed by atoms with E-state index in [0.29, 0.717) is 39.6 Å². The number of fused-ring (bicyclic) bond motifs is 1. The Balaban J connectivity index is 1.33. The fourth-order valence-electron chi connectivity index (χ4n) is 5.62. The molecule has 1 unspecified atom stereocenters. The molecule has 2 N–H and O–H groups in total. The Hall–Kier alpha value is -2.60. The molecule has 5 rings (SSSR count). The van der Waals surface area contributed by atoms with Gasteiger partial charge in [-0.2, -0.15) is 4.98 Å². The average molecular weight is 568 g/mol. The van der Waals surface area contributed by atoms with E-state index in [4.69, 9.17) is 16.3 Å². The fraction of sp³-hybridized carbons (Fsp3) is 0.467. The first-order valence-electron chi connectivity index (χ1n) is 13.9. The fourth-order valence-corrected chi connectivity index (χ4v) is 6.91. The number of nitrogens with zero attached hydrogens (tertiary/aromatic N) is 3. The van der Waals surface area contributed by atoms with Gasteiger partial charge >= 0.3 is 0 Å². The Kier molecular flexibility index (Phi) is 8.51. The van der Waals surface area contributed by atoms with Gasteiger partial charge in [-0.3, -0.25) is 0 Å². The van der Waals surface area contributed by atoms with Crippen molar-refractivity contribution in [3.05, 3.63) is 58.7 Å². The molecule has 3 aromatic rings. The Morgan fingerprint density at radius 3 is 2.49 bits per heavy atom. The van der Waals surface area contributed by atoms with E-state index in [2.05, 4.69) is 43.7 Å². The summed E-state index contributed by atoms with van der Waals surface area (Å²) in [5.41, 5.74) is 4.50. The zero-order valence-corrected chi connectivity index (χ0v) is 25.0. The Labute approximate surface area is 237 Å². The smallest absolute Gasteiger partial charge is 0.229 e. The standard InChI is InChI=1S/C30H39ClN5O2P/c1-20(2)38-25-13-14-27(28(18-25)39(3,4)37)34-29-26(31)19-32-30(35-29)33-23-10-7-21-8-11-24(12-9-22(21)17-23)36-15-5-6-16-36/h7,10,13-14,17-20,24H,5-6,8-9,11-12,15-16H2,1-4H3,(H2,32,33,34,35). The van der Waals surface area contributed by atoms with E-state index >= 15 is 0 Å². The third-order valence-corrected chi connectivity index (χ3v) is 9.34. The summed E-state index contributed by atoms with van der Waals surface area (Å²) in [5, 5.41) is 7.72. The van der Waals surface area contributed by atoms with Gasteiger partial charge in [0.15, 0.2) is 5.82 Å². The summed E-state index contributed by atoms with van der Waals surface area (Å²) in [6.45, 7) is 9.93. The SMILES string of the molecule is CC(C)Oc1ccc(Nc2nc(Nc3ccc4c(c3)CCC(N3CCCC3)CC4)ncc2Cl)c(P(C)(C)=O)c1. The molecule has 1 atom stereocenters. The summed E-state index contributed by atoms with van der Waals surface area (Å²) in [6, 6.07) is 12.8. The van der Waals surface area contributed by atoms with Crippen LogP contribution in [-0.2, 0) is 17.4 Å². The lowest BCUT2D eigenvalue weighted by molar-refractivity contribution is 0.222. The van der Waals surface area contributed by atoms with Gasteiger partial charge in [0.25, 0.3) is 0 Å². The van der Waals surface area contributed by atoms with Crippen LogP contribution in [0.2, 0.25) is 5.02 Å². The van der Waals surface area contributed by atoms with E-state index < -0.39 is 7.14 Å². The molecule has 7 nitrogen and oxygen atoms in total. The lowest BCUT2D eigenvalue weighted by Gasteiger charge is -2.25. The van der Waals surface area contributed by atoms with Crippen LogP contribution in [0.3, 0.4) is 0 Å². The third-order valence-electron chi connectivity index (χ3n) is 7.53. The predicted octanol–water partition coefficient (Wildman–Crippen LogP) is 7.00. The predicted molar refractivity (Wildman–Crippen MR) is 163 cm³/mol. The molecule has 1 saturated heterocycles. The van der Waals surface area contributed by atoms with Crippen LogP contribution in [0.15, 0.2) is 42.6 Å². The molecule has 2 aromatic carbocycles. The maximum atomic E-state index is 13.1. The molecule has 0 bridgehead atoms. The number of aromatic nitrogens is 2. The zero-order valence-electron chi connectivity index (χ0n) is 23.3. The van der Waals surface area contributed by atoms with Crippen molar-refractivity contribution < 1.29 is 9.30 Å². The van der Waals surface area contributed by atoms with Crippen molar-refractivity contribution in [3.63, 3.8) is 0 Å². The summed E-state index contributed by atoms with van der Waals surface area (Å²) in [5.74, 6) is 1.58. The number of ether oxygens (including phenoxy) is 1. The van der Waals surface area contributed by atoms with Gasteiger partial charge in [0.05, 0.1) is 18.0 Å². The molecule has 1 fully saturated rings. The highest BCUT2D eigenvalue weighted by Crippen LogP contribution is 2.40. The van der Waals surface area contributed by atoms with Gasteiger partial charge in [-0.1, -0.05) is 17.7 Å². The van der Waals surface area contributed by atoms with Gasteiger partial charge in [-0.05, 0) is 120 Å². The highest BCUT2D eigenvalue weighted by molar-refractivity contribution is 7.70. The van der Waals surface area contributed by atoms with E-state index in [1.807, 2.05) is 32.0 Å². The van der Waals surface area contributed by atoms with Crippen molar-refractivity contribution in [1.82, 2.24) is 14.9 Å². The van der Waals surface area contributed by atoms with E-state index in [1.54, 1.807) is 19.5 Å². The van der Waals surface area contributed by atoms with E-state index in [-0.39, 0.29) is 6.10 Å². The summed E-state index contributed by atoms with van der Waals surface area (Å²) in [6.07, 6.45) is 8.95. The van der Waals surface area contributed by atoms with Gasteiger partial charge in [-0.25, -0.2) is 4.98 Å². The molecule has 0 spiro atoms. The summed E-state index contributed by atoms with van der Waals surface area (Å²) >= 11 is 6.48. The monoisotopic (exact) mass is 567 g/mol. The third kappa shape index (κ3) is 6.95. The highest BCUT2D eigenvalue weighted by atomic mass is 35.5. The van der Waals surface area contributed by atoms with E-state index in [9.17, 15) is 4.57 Å². The molecule has 9 heteroatoms. The van der Waals surface area contributed by atoms with Gasteiger partial charge in [0.1, 0.15) is 17.9 Å². The second kappa shape index (κ2) is 11.9. The number of hydrogen-bond donors (Lipinski definition) is 2. The first-order valence-corrected chi connectivity index (χ1v) is 16.9. The van der Waals surface area contributed by atoms with Crippen molar-refractivity contribution in [1.29, 1.82) is 0 Å². The first kappa shape index (κ1) is 27.9. The number of nitrogens with one attached hydrogen (secondary N) is 2.